The highest BCUT2D eigenvalue weighted by atomic mass is 16.5. The molecule has 2 rings (SSSR count). The van der Waals surface area contributed by atoms with Crippen LogP contribution in [0.15, 0.2) is 48.5 Å². The summed E-state index contributed by atoms with van der Waals surface area (Å²) in [6.07, 6.45) is 2.50. The van der Waals surface area contributed by atoms with Crippen molar-refractivity contribution in [1.82, 2.24) is 0 Å². The lowest BCUT2D eigenvalue weighted by atomic mass is 10.2. The third kappa shape index (κ3) is 8.63. The first kappa shape index (κ1) is 20.9. The van der Waals surface area contributed by atoms with Crippen molar-refractivity contribution in [3.63, 3.8) is 0 Å². The zero-order valence-corrected chi connectivity index (χ0v) is 14.6. The topological polar surface area (TPSA) is 89.9 Å². The second kappa shape index (κ2) is 12.2. The summed E-state index contributed by atoms with van der Waals surface area (Å²) in [6, 6.07) is 12.9. The molecule has 0 aliphatic heterocycles. The molecule has 0 heterocycles. The highest BCUT2D eigenvalue weighted by molar-refractivity contribution is 5.75. The van der Waals surface area contributed by atoms with Crippen LogP contribution in [-0.2, 0) is 9.53 Å². The van der Waals surface area contributed by atoms with Crippen molar-refractivity contribution >= 4 is 18.5 Å². The van der Waals surface area contributed by atoms with Crippen molar-refractivity contribution in [1.29, 1.82) is 0 Å². The lowest BCUT2D eigenvalue weighted by Crippen LogP contribution is -2.06. The zero-order valence-electron chi connectivity index (χ0n) is 14.6. The van der Waals surface area contributed by atoms with Gasteiger partial charge in [0.1, 0.15) is 24.1 Å². The first-order valence-corrected chi connectivity index (χ1v) is 8.17. The van der Waals surface area contributed by atoms with Crippen molar-refractivity contribution in [2.24, 2.45) is 0 Å². The summed E-state index contributed by atoms with van der Waals surface area (Å²) in [4.78, 5) is 31.5. The first-order valence-electron chi connectivity index (χ1n) is 8.17. The monoisotopic (exact) mass is 358 g/mol. The lowest BCUT2D eigenvalue weighted by molar-refractivity contribution is -0.143. The molecule has 0 aromatic heterocycles. The van der Waals surface area contributed by atoms with Crippen LogP contribution in [0.4, 0.5) is 0 Å². The molecule has 2 aromatic carbocycles. The summed E-state index contributed by atoms with van der Waals surface area (Å²) in [6.45, 7) is 2.65. The molecule has 0 radical (unpaired) electrons. The third-order valence-electron chi connectivity index (χ3n) is 3.14. The average Bonchev–Trinajstić information content (AvgIpc) is 2.67. The Morgan fingerprint density at radius 2 is 1.50 bits per heavy atom. The zero-order chi connectivity index (χ0) is 19.2. The van der Waals surface area contributed by atoms with E-state index in [2.05, 4.69) is 0 Å². The summed E-state index contributed by atoms with van der Waals surface area (Å²) in [5, 5.41) is 8.74. The van der Waals surface area contributed by atoms with E-state index >= 15 is 0 Å². The number of carbonyl (C=O) groups is 3. The molecule has 0 spiro atoms. The number of hydrogen-bond donors (Lipinski definition) is 1. The molecule has 2 aromatic rings. The molecule has 6 heteroatoms. The predicted molar refractivity (Wildman–Crippen MR) is 96.7 cm³/mol. The summed E-state index contributed by atoms with van der Waals surface area (Å²) in [5.74, 6) is 0.674. The van der Waals surface area contributed by atoms with Crippen LogP contribution in [0.1, 0.15) is 40.5 Å². The van der Waals surface area contributed by atoms with E-state index < -0.39 is 0 Å². The average molecular weight is 358 g/mol. The summed E-state index contributed by atoms with van der Waals surface area (Å²) in [5.41, 5.74) is 1.19. The van der Waals surface area contributed by atoms with Crippen molar-refractivity contribution in [3.8, 4) is 11.5 Å². The number of ether oxygens (including phenoxy) is 2. The smallest absolute Gasteiger partial charge is 0.305 e. The number of carbonyl (C=O) groups excluding carboxylic acids is 3. The van der Waals surface area contributed by atoms with Crippen LogP contribution < -0.4 is 4.74 Å². The van der Waals surface area contributed by atoms with Gasteiger partial charge in [0, 0.05) is 17.5 Å². The van der Waals surface area contributed by atoms with Crippen molar-refractivity contribution < 1.29 is 29.0 Å². The number of phenolic OH excluding ortho intramolecular Hbond substituents is 1. The van der Waals surface area contributed by atoms with Gasteiger partial charge in [-0.15, -0.1) is 0 Å². The van der Waals surface area contributed by atoms with Crippen LogP contribution >= 0.6 is 0 Å². The Morgan fingerprint density at radius 1 is 0.962 bits per heavy atom. The Hall–Kier alpha value is -3.15. The number of rotatable bonds is 8. The van der Waals surface area contributed by atoms with Gasteiger partial charge in [0.2, 0.25) is 0 Å². The van der Waals surface area contributed by atoms with Crippen LogP contribution in [0.5, 0.6) is 11.5 Å². The van der Waals surface area contributed by atoms with E-state index in [-0.39, 0.29) is 11.7 Å². The number of phenols is 1. The van der Waals surface area contributed by atoms with Gasteiger partial charge < -0.3 is 14.6 Å². The van der Waals surface area contributed by atoms with Crippen molar-refractivity contribution in [3.05, 3.63) is 59.7 Å². The molecule has 138 valence electrons. The van der Waals surface area contributed by atoms with Crippen LogP contribution in [-0.4, -0.2) is 36.9 Å². The molecule has 0 amide bonds. The number of benzene rings is 2. The van der Waals surface area contributed by atoms with Gasteiger partial charge in [0.25, 0.3) is 0 Å². The lowest BCUT2D eigenvalue weighted by Gasteiger charge is -2.05. The SMILES string of the molecule is CCOC(=O)CCCOc1ccc(C=O)cc1.O=Cc1ccc(O)cc1. The summed E-state index contributed by atoms with van der Waals surface area (Å²) >= 11 is 0. The van der Waals surface area contributed by atoms with Gasteiger partial charge in [-0.1, -0.05) is 0 Å². The molecule has 6 nitrogen and oxygen atoms in total. The second-order valence-electron chi connectivity index (χ2n) is 5.15. The highest BCUT2D eigenvalue weighted by Crippen LogP contribution is 2.11. The normalized spacial score (nSPS) is 9.42. The molecule has 0 saturated heterocycles. The van der Waals surface area contributed by atoms with Crippen LogP contribution in [0.2, 0.25) is 0 Å². The molecule has 0 fully saturated rings. The maximum atomic E-state index is 11.0. The predicted octanol–water partition coefficient (Wildman–Crippen LogP) is 3.43. The molecule has 0 saturated carbocycles. The number of aldehydes is 2. The van der Waals surface area contributed by atoms with E-state index in [9.17, 15) is 14.4 Å². The van der Waals surface area contributed by atoms with Crippen LogP contribution in [0.25, 0.3) is 0 Å². The number of esters is 1. The fraction of sp³-hybridized carbons (Fsp3) is 0.250. The Balaban J connectivity index is 0.000000314. The van der Waals surface area contributed by atoms with Crippen molar-refractivity contribution in [2.75, 3.05) is 13.2 Å². The molecule has 26 heavy (non-hydrogen) atoms. The Kier molecular flexibility index (Phi) is 9.84. The molecular weight excluding hydrogens is 336 g/mol. The van der Waals surface area contributed by atoms with Gasteiger partial charge in [-0.2, -0.15) is 0 Å². The van der Waals surface area contributed by atoms with Gasteiger partial charge >= 0.3 is 5.97 Å². The van der Waals surface area contributed by atoms with E-state index in [4.69, 9.17) is 14.6 Å². The van der Waals surface area contributed by atoms with E-state index in [0.717, 1.165) is 12.6 Å². The fourth-order valence-corrected chi connectivity index (χ4v) is 1.84. The van der Waals surface area contributed by atoms with E-state index in [1.807, 2.05) is 0 Å². The Bertz CT molecular complexity index is 676. The van der Waals surface area contributed by atoms with Crippen molar-refractivity contribution in [2.45, 2.75) is 19.8 Å². The van der Waals surface area contributed by atoms with Gasteiger partial charge in [0.05, 0.1) is 13.2 Å². The number of hydrogen-bond acceptors (Lipinski definition) is 6. The van der Waals surface area contributed by atoms with E-state index in [1.54, 1.807) is 43.3 Å². The maximum absolute atomic E-state index is 11.0. The minimum absolute atomic E-state index is 0.181. The first-order chi connectivity index (χ1) is 12.6. The molecular formula is C20H22O6. The summed E-state index contributed by atoms with van der Waals surface area (Å²) in [7, 11) is 0. The van der Waals surface area contributed by atoms with Crippen LogP contribution in [0, 0.1) is 0 Å². The minimum atomic E-state index is -0.201. The quantitative estimate of drug-likeness (QED) is 0.442. The van der Waals surface area contributed by atoms with Gasteiger partial charge in [-0.25, -0.2) is 0 Å². The Labute approximate surface area is 152 Å². The molecule has 0 aliphatic carbocycles. The molecule has 0 unspecified atom stereocenters. The molecule has 0 bridgehead atoms. The molecule has 1 N–H and O–H groups in total. The van der Waals surface area contributed by atoms with Crippen LogP contribution in [0.3, 0.4) is 0 Å². The third-order valence-corrected chi connectivity index (χ3v) is 3.14. The fourth-order valence-electron chi connectivity index (χ4n) is 1.84. The minimum Gasteiger partial charge on any atom is -0.508 e. The molecule has 0 atom stereocenters. The maximum Gasteiger partial charge on any atom is 0.305 e. The largest absolute Gasteiger partial charge is 0.508 e. The highest BCUT2D eigenvalue weighted by Gasteiger charge is 2.01. The van der Waals surface area contributed by atoms with Gasteiger partial charge in [-0.3, -0.25) is 14.4 Å². The van der Waals surface area contributed by atoms with Gasteiger partial charge in [-0.05, 0) is 61.9 Å². The summed E-state index contributed by atoms with van der Waals surface area (Å²) < 4.78 is 10.2. The van der Waals surface area contributed by atoms with E-state index in [1.165, 1.54) is 12.1 Å². The Morgan fingerprint density at radius 3 is 2.00 bits per heavy atom. The second-order valence-corrected chi connectivity index (χ2v) is 5.15. The number of aromatic hydroxyl groups is 1. The van der Waals surface area contributed by atoms with E-state index in [0.29, 0.717) is 42.9 Å². The standard InChI is InChI=1S/C13H16O4.C7H6O2/c1-2-16-13(15)4-3-9-17-12-7-5-11(10-14)6-8-12;8-5-6-1-3-7(9)4-2-6/h5-8,10H,2-4,9H2,1H3;1-5,9H. The molecule has 0 aliphatic rings. The van der Waals surface area contributed by atoms with Gasteiger partial charge in [0.15, 0.2) is 0 Å².